The molecule has 6 nitrogen and oxygen atoms in total. The van der Waals surface area contributed by atoms with Crippen molar-refractivity contribution in [3.8, 4) is 17.2 Å². The third-order valence-electron chi connectivity index (χ3n) is 7.14. The van der Waals surface area contributed by atoms with Crippen LogP contribution in [0.2, 0.25) is 0 Å². The summed E-state index contributed by atoms with van der Waals surface area (Å²) in [6.45, 7) is 8.46. The van der Waals surface area contributed by atoms with Gasteiger partial charge in [0.25, 0.3) is 5.91 Å². The summed E-state index contributed by atoms with van der Waals surface area (Å²) >= 11 is 0. The van der Waals surface area contributed by atoms with Crippen molar-refractivity contribution in [2.45, 2.75) is 58.9 Å². The summed E-state index contributed by atoms with van der Waals surface area (Å²) in [7, 11) is 2.19. The van der Waals surface area contributed by atoms with E-state index in [0.29, 0.717) is 31.9 Å². The zero-order valence-electron chi connectivity index (χ0n) is 24.3. The van der Waals surface area contributed by atoms with Gasteiger partial charge in [-0.3, -0.25) is 4.79 Å². The molecule has 1 N–H and O–H groups in total. The number of rotatable bonds is 9. The predicted octanol–water partition coefficient (Wildman–Crippen LogP) is 6.43. The molecule has 3 aromatic carbocycles. The summed E-state index contributed by atoms with van der Waals surface area (Å²) in [6.07, 6.45) is 5.74. The molecule has 0 spiro atoms. The zero-order valence-corrected chi connectivity index (χ0v) is 24.3. The molecule has 0 aliphatic carbocycles. The summed E-state index contributed by atoms with van der Waals surface area (Å²) in [4.78, 5) is 15.5. The first-order chi connectivity index (χ1) is 19.6. The first-order valence-corrected chi connectivity index (χ1v) is 14.7. The van der Waals surface area contributed by atoms with Crippen molar-refractivity contribution in [1.82, 2.24) is 10.2 Å². The van der Waals surface area contributed by atoms with Crippen molar-refractivity contribution in [2.75, 3.05) is 40.0 Å². The van der Waals surface area contributed by atoms with Gasteiger partial charge >= 0.3 is 0 Å². The molecule has 1 aliphatic heterocycles. The molecular weight excluding hydrogens is 500 g/mol. The lowest BCUT2D eigenvalue weighted by Gasteiger charge is -2.19. The molecule has 1 amide bonds. The Bertz CT molecular complexity index is 1240. The van der Waals surface area contributed by atoms with Crippen LogP contribution in [0.5, 0.6) is 17.2 Å². The van der Waals surface area contributed by atoms with E-state index in [1.54, 1.807) is 0 Å². The molecule has 214 valence electrons. The van der Waals surface area contributed by atoms with E-state index in [1.165, 1.54) is 11.1 Å². The number of nitrogens with one attached hydrogen (secondary N) is 1. The highest BCUT2D eigenvalue weighted by Crippen LogP contribution is 2.29. The number of aryl methyl sites for hydroxylation is 1. The quantitative estimate of drug-likeness (QED) is 0.315. The average molecular weight is 545 g/mol. The van der Waals surface area contributed by atoms with Gasteiger partial charge in [-0.25, -0.2) is 0 Å². The number of nitrogens with zero attached hydrogens (tertiary/aromatic N) is 1. The van der Waals surface area contributed by atoms with E-state index in [2.05, 4.69) is 47.6 Å². The monoisotopic (exact) mass is 544 g/mol. The molecule has 3 aromatic rings. The van der Waals surface area contributed by atoms with Crippen LogP contribution in [0.1, 0.15) is 72.1 Å². The van der Waals surface area contributed by atoms with Crippen LogP contribution in [-0.4, -0.2) is 50.8 Å². The lowest BCUT2D eigenvalue weighted by molar-refractivity contribution is 0.0953. The first-order valence-electron chi connectivity index (χ1n) is 14.7. The lowest BCUT2D eigenvalue weighted by atomic mass is 9.99. The van der Waals surface area contributed by atoms with E-state index in [-0.39, 0.29) is 5.91 Å². The van der Waals surface area contributed by atoms with E-state index in [4.69, 9.17) is 14.2 Å². The Balaban J connectivity index is 1.39. The van der Waals surface area contributed by atoms with E-state index < -0.39 is 0 Å². The number of carbonyl (C=O) groups excluding carboxylic acids is 1. The summed E-state index contributed by atoms with van der Waals surface area (Å²) in [5.41, 5.74) is 5.42. The van der Waals surface area contributed by atoms with Gasteiger partial charge in [0.2, 0.25) is 0 Å². The van der Waals surface area contributed by atoms with Crippen LogP contribution in [-0.2, 0) is 19.4 Å². The number of carbonyl (C=O) groups is 1. The Labute approximate surface area is 239 Å². The molecule has 40 heavy (non-hydrogen) atoms. The van der Waals surface area contributed by atoms with Crippen molar-refractivity contribution in [1.29, 1.82) is 0 Å². The fraction of sp³-hybridized carbons (Fsp3) is 0.441. The maximum Gasteiger partial charge on any atom is 0.251 e. The van der Waals surface area contributed by atoms with Crippen molar-refractivity contribution in [3.63, 3.8) is 0 Å². The summed E-state index contributed by atoms with van der Waals surface area (Å²) in [5.74, 6) is 2.36. The Morgan fingerprint density at radius 2 is 1.75 bits per heavy atom. The minimum absolute atomic E-state index is 0.0562. The van der Waals surface area contributed by atoms with E-state index >= 15 is 0 Å². The van der Waals surface area contributed by atoms with Gasteiger partial charge in [-0.15, -0.1) is 0 Å². The number of ether oxygens (including phenoxy) is 3. The molecule has 1 heterocycles. The molecular formula is C34H44N2O4. The topological polar surface area (TPSA) is 60.0 Å². The Hall–Kier alpha value is -3.51. The first kappa shape index (κ1) is 29.5. The van der Waals surface area contributed by atoms with Gasteiger partial charge in [0, 0.05) is 25.1 Å². The lowest BCUT2D eigenvalue weighted by Crippen LogP contribution is -2.25. The fourth-order valence-electron chi connectivity index (χ4n) is 5.14. The van der Waals surface area contributed by atoms with Gasteiger partial charge in [-0.05, 0) is 112 Å². The molecule has 0 atom stereocenters. The van der Waals surface area contributed by atoms with Crippen LogP contribution in [0.3, 0.4) is 0 Å². The molecule has 0 aromatic heterocycles. The number of benzene rings is 3. The molecule has 6 heteroatoms. The minimum Gasteiger partial charge on any atom is -0.493 e. The summed E-state index contributed by atoms with van der Waals surface area (Å²) in [6, 6.07) is 20.7. The number of hydrogen-bond acceptors (Lipinski definition) is 5. The molecule has 1 aliphatic rings. The fourth-order valence-corrected chi connectivity index (χ4v) is 5.14. The standard InChI is InChI=1S/C34H44N2O4/c1-4-38-32-16-14-26(23-33(32)39-5-2)13-10-18-35-34(37)29-15-17-31-30(24-29)22-27-11-9-12-28(21-27)25-36(3)19-7-6-8-20-40-31/h9,11-12,14-17,21,23-24H,4-8,10,13,18-20,22,25H2,1-3H3,(H,35,37). The van der Waals surface area contributed by atoms with Crippen LogP contribution < -0.4 is 19.5 Å². The number of amides is 1. The van der Waals surface area contributed by atoms with Crippen molar-refractivity contribution >= 4 is 5.91 Å². The van der Waals surface area contributed by atoms with Gasteiger partial charge in [-0.2, -0.15) is 0 Å². The largest absolute Gasteiger partial charge is 0.493 e. The number of hydrogen-bond donors (Lipinski definition) is 1. The Morgan fingerprint density at radius 1 is 0.925 bits per heavy atom. The van der Waals surface area contributed by atoms with Crippen molar-refractivity contribution < 1.29 is 19.0 Å². The molecule has 0 saturated carbocycles. The third kappa shape index (κ3) is 8.75. The summed E-state index contributed by atoms with van der Waals surface area (Å²) in [5, 5.41) is 3.10. The van der Waals surface area contributed by atoms with E-state index in [1.807, 2.05) is 44.2 Å². The van der Waals surface area contributed by atoms with Crippen LogP contribution in [0, 0.1) is 0 Å². The second kappa shape index (κ2) is 15.3. The molecule has 0 unspecified atom stereocenters. The van der Waals surface area contributed by atoms with Crippen LogP contribution in [0.25, 0.3) is 0 Å². The van der Waals surface area contributed by atoms with E-state index in [0.717, 1.165) is 80.0 Å². The Morgan fingerprint density at radius 3 is 2.60 bits per heavy atom. The van der Waals surface area contributed by atoms with Crippen molar-refractivity contribution in [3.05, 3.63) is 88.5 Å². The van der Waals surface area contributed by atoms with Crippen molar-refractivity contribution in [2.24, 2.45) is 0 Å². The molecule has 4 rings (SSSR count). The number of fused-ring (bicyclic) bond motifs is 3. The van der Waals surface area contributed by atoms with Crippen LogP contribution >= 0.6 is 0 Å². The molecule has 2 bridgehead atoms. The highest BCUT2D eigenvalue weighted by atomic mass is 16.5. The predicted molar refractivity (Wildman–Crippen MR) is 161 cm³/mol. The highest BCUT2D eigenvalue weighted by molar-refractivity contribution is 5.94. The molecule has 0 fully saturated rings. The van der Waals surface area contributed by atoms with Gasteiger partial charge < -0.3 is 24.4 Å². The van der Waals surface area contributed by atoms with Crippen LogP contribution in [0.4, 0.5) is 0 Å². The smallest absolute Gasteiger partial charge is 0.251 e. The maximum absolute atomic E-state index is 13.1. The van der Waals surface area contributed by atoms with Gasteiger partial charge in [0.05, 0.1) is 19.8 Å². The van der Waals surface area contributed by atoms with Crippen LogP contribution in [0.15, 0.2) is 60.7 Å². The van der Waals surface area contributed by atoms with Gasteiger partial charge in [0.15, 0.2) is 11.5 Å². The van der Waals surface area contributed by atoms with Gasteiger partial charge in [0.1, 0.15) is 5.75 Å². The highest BCUT2D eigenvalue weighted by Gasteiger charge is 2.13. The third-order valence-corrected chi connectivity index (χ3v) is 7.14. The zero-order chi connectivity index (χ0) is 28.2. The molecule has 0 radical (unpaired) electrons. The summed E-state index contributed by atoms with van der Waals surface area (Å²) < 4.78 is 17.6. The van der Waals surface area contributed by atoms with Gasteiger partial charge in [-0.1, -0.05) is 30.3 Å². The normalized spacial score (nSPS) is 14.4. The second-order valence-corrected chi connectivity index (χ2v) is 10.5. The Kier molecular flexibility index (Phi) is 11.3. The maximum atomic E-state index is 13.1. The second-order valence-electron chi connectivity index (χ2n) is 10.5. The average Bonchev–Trinajstić information content (AvgIpc) is 2.95. The minimum atomic E-state index is -0.0562. The van der Waals surface area contributed by atoms with E-state index in [9.17, 15) is 4.79 Å². The SMILES string of the molecule is CCOc1ccc(CCCNC(=O)c2ccc3c(c2)Cc2cccc(c2)CN(C)CCCCCO3)cc1OCC. The molecule has 0 saturated heterocycles.